The van der Waals surface area contributed by atoms with Gasteiger partial charge in [0.2, 0.25) is 0 Å². The molecule has 1 aromatic carbocycles. The summed E-state index contributed by atoms with van der Waals surface area (Å²) >= 11 is 0. The number of rotatable bonds is 1. The third-order valence-corrected chi connectivity index (χ3v) is 1.92. The van der Waals surface area contributed by atoms with Gasteiger partial charge in [-0.05, 0) is 17.7 Å². The minimum absolute atomic E-state index is 0.284. The molecule has 1 atom stereocenters. The predicted octanol–water partition coefficient (Wildman–Crippen LogP) is 1.61. The lowest BCUT2D eigenvalue weighted by molar-refractivity contribution is 0.141. The maximum atomic E-state index is 12.5. The highest BCUT2D eigenvalue weighted by molar-refractivity contribution is 5.69. The number of alkyl carbamates (subject to hydrolysis) is 1. The molecule has 1 aromatic rings. The van der Waals surface area contributed by atoms with E-state index in [0.717, 1.165) is 5.56 Å². The quantitative estimate of drug-likeness (QED) is 0.714. The molecule has 1 heterocycles. The van der Waals surface area contributed by atoms with Crippen molar-refractivity contribution in [3.8, 4) is 0 Å². The Morgan fingerprint density at radius 1 is 1.38 bits per heavy atom. The molecular formula is C9H8FNO2. The second-order valence-electron chi connectivity index (χ2n) is 2.83. The van der Waals surface area contributed by atoms with Crippen LogP contribution in [0.15, 0.2) is 24.3 Å². The molecule has 0 aliphatic carbocycles. The Morgan fingerprint density at radius 2 is 2.08 bits per heavy atom. The Morgan fingerprint density at radius 3 is 2.62 bits per heavy atom. The van der Waals surface area contributed by atoms with E-state index >= 15 is 0 Å². The van der Waals surface area contributed by atoms with Crippen molar-refractivity contribution in [2.24, 2.45) is 0 Å². The average Bonchev–Trinajstić information content (AvgIpc) is 2.53. The number of cyclic esters (lactones) is 1. The molecule has 0 unspecified atom stereocenters. The molecule has 13 heavy (non-hydrogen) atoms. The molecule has 68 valence electrons. The molecule has 4 heteroatoms. The average molecular weight is 181 g/mol. The SMILES string of the molecule is O=C1NC[C@@H](c2ccc(F)cc2)O1. The van der Waals surface area contributed by atoms with Gasteiger partial charge in [0.15, 0.2) is 0 Å². The maximum absolute atomic E-state index is 12.5. The molecule has 3 nitrogen and oxygen atoms in total. The zero-order valence-corrected chi connectivity index (χ0v) is 6.79. The lowest BCUT2D eigenvalue weighted by Gasteiger charge is -2.06. The Hall–Kier alpha value is -1.58. The fourth-order valence-corrected chi connectivity index (χ4v) is 1.25. The van der Waals surface area contributed by atoms with E-state index in [4.69, 9.17) is 4.74 Å². The van der Waals surface area contributed by atoms with Crippen molar-refractivity contribution >= 4 is 6.09 Å². The number of carbonyl (C=O) groups excluding carboxylic acids is 1. The fourth-order valence-electron chi connectivity index (χ4n) is 1.25. The highest BCUT2D eigenvalue weighted by atomic mass is 19.1. The van der Waals surface area contributed by atoms with Crippen molar-refractivity contribution < 1.29 is 13.9 Å². The molecule has 0 aromatic heterocycles. The molecule has 1 aliphatic heterocycles. The summed E-state index contributed by atoms with van der Waals surface area (Å²) in [5.74, 6) is -0.291. The third kappa shape index (κ3) is 1.61. The van der Waals surface area contributed by atoms with E-state index < -0.39 is 6.09 Å². The molecule has 1 aliphatic rings. The number of ether oxygens (including phenoxy) is 1. The van der Waals surface area contributed by atoms with Crippen LogP contribution in [0.3, 0.4) is 0 Å². The van der Waals surface area contributed by atoms with Crippen LogP contribution in [0.25, 0.3) is 0 Å². The first-order chi connectivity index (χ1) is 6.25. The van der Waals surface area contributed by atoms with Gasteiger partial charge in [-0.3, -0.25) is 0 Å². The smallest absolute Gasteiger partial charge is 0.407 e. The van der Waals surface area contributed by atoms with E-state index in [1.165, 1.54) is 12.1 Å². The summed E-state index contributed by atoms with van der Waals surface area (Å²) in [5.41, 5.74) is 0.805. The van der Waals surface area contributed by atoms with Crippen molar-refractivity contribution in [1.82, 2.24) is 5.32 Å². The maximum Gasteiger partial charge on any atom is 0.407 e. The van der Waals surface area contributed by atoms with Crippen molar-refractivity contribution in [2.75, 3.05) is 6.54 Å². The molecule has 1 amide bonds. The molecule has 0 spiro atoms. The summed E-state index contributed by atoms with van der Waals surface area (Å²) in [5, 5.41) is 2.53. The van der Waals surface area contributed by atoms with Gasteiger partial charge in [0.1, 0.15) is 11.9 Å². The van der Waals surface area contributed by atoms with Crippen LogP contribution in [0, 0.1) is 5.82 Å². The molecule has 2 rings (SSSR count). The predicted molar refractivity (Wildman–Crippen MR) is 43.6 cm³/mol. The van der Waals surface area contributed by atoms with E-state index in [1.807, 2.05) is 0 Å². The van der Waals surface area contributed by atoms with Crippen LogP contribution in [-0.4, -0.2) is 12.6 Å². The number of amides is 1. The van der Waals surface area contributed by atoms with Crippen LogP contribution in [-0.2, 0) is 4.74 Å². The van der Waals surface area contributed by atoms with Gasteiger partial charge in [-0.2, -0.15) is 0 Å². The van der Waals surface area contributed by atoms with E-state index in [1.54, 1.807) is 12.1 Å². The number of carbonyl (C=O) groups is 1. The Kier molecular flexibility index (Phi) is 1.88. The van der Waals surface area contributed by atoms with Crippen molar-refractivity contribution in [1.29, 1.82) is 0 Å². The minimum Gasteiger partial charge on any atom is -0.439 e. The van der Waals surface area contributed by atoms with E-state index in [0.29, 0.717) is 6.54 Å². The van der Waals surface area contributed by atoms with Gasteiger partial charge < -0.3 is 10.1 Å². The zero-order valence-electron chi connectivity index (χ0n) is 6.79. The monoisotopic (exact) mass is 181 g/mol. The number of benzene rings is 1. The van der Waals surface area contributed by atoms with E-state index in [2.05, 4.69) is 5.32 Å². The van der Waals surface area contributed by atoms with Crippen LogP contribution < -0.4 is 5.32 Å². The van der Waals surface area contributed by atoms with Crippen molar-refractivity contribution in [3.05, 3.63) is 35.6 Å². The molecule has 1 saturated heterocycles. The highest BCUT2D eigenvalue weighted by Crippen LogP contribution is 2.20. The summed E-state index contributed by atoms with van der Waals surface area (Å²) < 4.78 is 17.4. The van der Waals surface area contributed by atoms with Gasteiger partial charge in [0.25, 0.3) is 0 Å². The normalized spacial score (nSPS) is 21.0. The van der Waals surface area contributed by atoms with Crippen LogP contribution in [0.5, 0.6) is 0 Å². The molecule has 1 N–H and O–H groups in total. The zero-order chi connectivity index (χ0) is 9.26. The van der Waals surface area contributed by atoms with Gasteiger partial charge in [-0.15, -0.1) is 0 Å². The largest absolute Gasteiger partial charge is 0.439 e. The topological polar surface area (TPSA) is 38.3 Å². The Bertz CT molecular complexity index is 323. The highest BCUT2D eigenvalue weighted by Gasteiger charge is 2.23. The Balaban J connectivity index is 2.17. The third-order valence-electron chi connectivity index (χ3n) is 1.92. The number of hydrogen-bond donors (Lipinski definition) is 1. The van der Waals surface area contributed by atoms with E-state index in [-0.39, 0.29) is 11.9 Å². The molecule has 0 bridgehead atoms. The standard InChI is InChI=1S/C9H8FNO2/c10-7-3-1-6(2-4-7)8-5-11-9(12)13-8/h1-4,8H,5H2,(H,11,12)/t8-/m0/s1. The Labute approximate surface area is 74.5 Å². The fraction of sp³-hybridized carbons (Fsp3) is 0.222. The first-order valence-electron chi connectivity index (χ1n) is 3.95. The summed E-state index contributed by atoms with van der Waals surface area (Å²) in [6, 6.07) is 5.92. The van der Waals surface area contributed by atoms with Crippen LogP contribution in [0.4, 0.5) is 9.18 Å². The van der Waals surface area contributed by atoms with Crippen LogP contribution in [0.2, 0.25) is 0 Å². The minimum atomic E-state index is -0.422. The van der Waals surface area contributed by atoms with Crippen molar-refractivity contribution in [3.63, 3.8) is 0 Å². The summed E-state index contributed by atoms with van der Waals surface area (Å²) in [6.45, 7) is 0.449. The van der Waals surface area contributed by atoms with Gasteiger partial charge in [-0.25, -0.2) is 9.18 Å². The molecule has 1 fully saturated rings. The second kappa shape index (κ2) is 3.05. The van der Waals surface area contributed by atoms with Crippen molar-refractivity contribution in [2.45, 2.75) is 6.10 Å². The number of nitrogens with one attached hydrogen (secondary N) is 1. The summed E-state index contributed by atoms with van der Waals surface area (Å²) in [6.07, 6.45) is -0.706. The van der Waals surface area contributed by atoms with Gasteiger partial charge in [0, 0.05) is 0 Å². The summed E-state index contributed by atoms with van der Waals surface area (Å²) in [7, 11) is 0. The van der Waals surface area contributed by atoms with Crippen LogP contribution in [0.1, 0.15) is 11.7 Å². The second-order valence-corrected chi connectivity index (χ2v) is 2.83. The van der Waals surface area contributed by atoms with Crippen LogP contribution >= 0.6 is 0 Å². The molecule has 0 saturated carbocycles. The molecule has 0 radical (unpaired) electrons. The lowest BCUT2D eigenvalue weighted by Crippen LogP contribution is -2.12. The lowest BCUT2D eigenvalue weighted by atomic mass is 10.1. The van der Waals surface area contributed by atoms with Gasteiger partial charge in [0.05, 0.1) is 6.54 Å². The first-order valence-corrected chi connectivity index (χ1v) is 3.95. The number of halogens is 1. The summed E-state index contributed by atoms with van der Waals surface area (Å²) in [4.78, 5) is 10.7. The van der Waals surface area contributed by atoms with E-state index in [9.17, 15) is 9.18 Å². The molecular weight excluding hydrogens is 173 g/mol. The first kappa shape index (κ1) is 8.04. The number of hydrogen-bond acceptors (Lipinski definition) is 2. The van der Waals surface area contributed by atoms with Gasteiger partial charge in [-0.1, -0.05) is 12.1 Å². The van der Waals surface area contributed by atoms with Gasteiger partial charge >= 0.3 is 6.09 Å².